The summed E-state index contributed by atoms with van der Waals surface area (Å²) in [6, 6.07) is 58.8. The van der Waals surface area contributed by atoms with Crippen molar-refractivity contribution < 1.29 is 0 Å². The topological polar surface area (TPSA) is 3.24 Å². The van der Waals surface area contributed by atoms with Gasteiger partial charge in [0.2, 0.25) is 0 Å². The highest BCUT2D eigenvalue weighted by atomic mass is 15.1. The van der Waals surface area contributed by atoms with E-state index in [1.165, 1.54) is 104 Å². The Labute approximate surface area is 296 Å². The predicted molar refractivity (Wildman–Crippen MR) is 213 cm³/mol. The maximum Gasteiger partial charge on any atom is 0.0465 e. The van der Waals surface area contributed by atoms with Crippen LogP contribution in [-0.4, -0.2) is 0 Å². The van der Waals surface area contributed by atoms with Crippen LogP contribution in [0.2, 0.25) is 0 Å². The van der Waals surface area contributed by atoms with Gasteiger partial charge in [-0.25, -0.2) is 0 Å². The molecule has 0 unspecified atom stereocenters. The number of rotatable bonds is 6. The standard InChI is InChI=1S/C49H43N/c1-49(2)46-22-10-9-19-44(46)45-32-31-41(33-47(45)49)50(39-27-23-35(24-28-39)34-13-5-3-6-14-34)40-29-25-37(26-30-40)43-21-12-18-38-17-11-20-42(48(38)43)36-15-7-4-8-16-36/h4,7-12,15-34H,3,5-6,13-14H2,1-2H3. The van der Waals surface area contributed by atoms with Gasteiger partial charge in [0, 0.05) is 22.5 Å². The Morgan fingerprint density at radius 3 is 1.72 bits per heavy atom. The Morgan fingerprint density at radius 1 is 0.460 bits per heavy atom. The molecule has 1 heteroatoms. The van der Waals surface area contributed by atoms with Gasteiger partial charge in [0.05, 0.1) is 0 Å². The first-order chi connectivity index (χ1) is 24.6. The van der Waals surface area contributed by atoms with Crippen molar-refractivity contribution in [1.82, 2.24) is 0 Å². The molecule has 0 aliphatic heterocycles. The maximum absolute atomic E-state index is 2.45. The van der Waals surface area contributed by atoms with Crippen LogP contribution < -0.4 is 4.90 Å². The van der Waals surface area contributed by atoms with Gasteiger partial charge in [-0.2, -0.15) is 0 Å². The Kier molecular flexibility index (Phi) is 7.65. The highest BCUT2D eigenvalue weighted by Crippen LogP contribution is 2.51. The largest absolute Gasteiger partial charge is 0.310 e. The van der Waals surface area contributed by atoms with Crippen LogP contribution in [0.25, 0.3) is 44.2 Å². The number of fused-ring (bicyclic) bond motifs is 4. The Balaban J connectivity index is 1.15. The molecule has 50 heavy (non-hydrogen) atoms. The molecule has 2 aliphatic carbocycles. The second-order valence-electron chi connectivity index (χ2n) is 14.8. The highest BCUT2D eigenvalue weighted by molar-refractivity contribution is 6.06. The molecule has 0 spiro atoms. The van der Waals surface area contributed by atoms with E-state index in [0.717, 1.165) is 5.69 Å². The zero-order valence-corrected chi connectivity index (χ0v) is 29.1. The first-order valence-corrected chi connectivity index (χ1v) is 18.4. The molecule has 244 valence electrons. The summed E-state index contributed by atoms with van der Waals surface area (Å²) in [5, 5.41) is 2.55. The van der Waals surface area contributed by atoms with Crippen molar-refractivity contribution in [1.29, 1.82) is 0 Å². The molecule has 0 saturated heterocycles. The van der Waals surface area contributed by atoms with E-state index in [2.05, 4.69) is 176 Å². The quantitative estimate of drug-likeness (QED) is 0.174. The van der Waals surface area contributed by atoms with Crippen molar-refractivity contribution in [3.8, 4) is 33.4 Å². The molecule has 1 fully saturated rings. The molecule has 0 radical (unpaired) electrons. The van der Waals surface area contributed by atoms with Crippen molar-refractivity contribution in [3.05, 3.63) is 174 Å². The van der Waals surface area contributed by atoms with Crippen LogP contribution in [0.5, 0.6) is 0 Å². The van der Waals surface area contributed by atoms with Crippen molar-refractivity contribution in [2.75, 3.05) is 4.90 Å². The third kappa shape index (κ3) is 5.24. The van der Waals surface area contributed by atoms with Crippen molar-refractivity contribution in [2.24, 2.45) is 0 Å². The molecular formula is C49H43N. The van der Waals surface area contributed by atoms with Crippen molar-refractivity contribution >= 4 is 27.8 Å². The summed E-state index contributed by atoms with van der Waals surface area (Å²) in [6.45, 7) is 4.74. The Hall–Kier alpha value is -5.40. The van der Waals surface area contributed by atoms with Crippen molar-refractivity contribution in [3.63, 3.8) is 0 Å². The molecule has 1 saturated carbocycles. The minimum absolute atomic E-state index is 0.0624. The Bertz CT molecular complexity index is 2300. The van der Waals surface area contributed by atoms with Crippen LogP contribution in [0.15, 0.2) is 158 Å². The van der Waals surface area contributed by atoms with E-state index in [9.17, 15) is 0 Å². The number of anilines is 3. The lowest BCUT2D eigenvalue weighted by Gasteiger charge is -2.29. The molecule has 7 aromatic rings. The fourth-order valence-electron chi connectivity index (χ4n) is 8.84. The molecule has 9 rings (SSSR count). The smallest absolute Gasteiger partial charge is 0.0465 e. The molecule has 0 bridgehead atoms. The summed E-state index contributed by atoms with van der Waals surface area (Å²) in [5.41, 5.74) is 15.5. The van der Waals surface area contributed by atoms with Gasteiger partial charge in [-0.05, 0) is 116 Å². The summed E-state index contributed by atoms with van der Waals surface area (Å²) >= 11 is 0. The average molecular weight is 646 g/mol. The third-order valence-corrected chi connectivity index (χ3v) is 11.5. The molecule has 1 nitrogen and oxygen atoms in total. The normalized spacial score (nSPS) is 15.1. The van der Waals surface area contributed by atoms with Crippen LogP contribution in [0, 0.1) is 0 Å². The highest BCUT2D eigenvalue weighted by Gasteiger charge is 2.35. The van der Waals surface area contributed by atoms with Gasteiger partial charge in [0.25, 0.3) is 0 Å². The van der Waals surface area contributed by atoms with Gasteiger partial charge in [0.1, 0.15) is 0 Å². The first kappa shape index (κ1) is 30.6. The third-order valence-electron chi connectivity index (χ3n) is 11.5. The van der Waals surface area contributed by atoms with E-state index in [0.29, 0.717) is 5.92 Å². The van der Waals surface area contributed by atoms with E-state index in [1.807, 2.05) is 0 Å². The maximum atomic E-state index is 2.45. The minimum atomic E-state index is -0.0624. The predicted octanol–water partition coefficient (Wildman–Crippen LogP) is 14.0. The van der Waals surface area contributed by atoms with Gasteiger partial charge >= 0.3 is 0 Å². The van der Waals surface area contributed by atoms with Crippen LogP contribution in [-0.2, 0) is 5.41 Å². The summed E-state index contributed by atoms with van der Waals surface area (Å²) < 4.78 is 0. The monoisotopic (exact) mass is 645 g/mol. The number of hydrogen-bond donors (Lipinski definition) is 0. The van der Waals surface area contributed by atoms with Gasteiger partial charge in [-0.15, -0.1) is 0 Å². The molecule has 0 N–H and O–H groups in total. The summed E-state index contributed by atoms with van der Waals surface area (Å²) in [6.07, 6.45) is 6.70. The van der Waals surface area contributed by atoms with Crippen molar-refractivity contribution in [2.45, 2.75) is 57.3 Å². The first-order valence-electron chi connectivity index (χ1n) is 18.4. The summed E-state index contributed by atoms with van der Waals surface area (Å²) in [7, 11) is 0. The lowest BCUT2D eigenvalue weighted by atomic mass is 9.82. The SMILES string of the molecule is CC1(C)c2ccccc2-c2ccc(N(c3ccc(-c4cccc5cccc(-c6ccccc6)c45)cc3)c3ccc(C4CCCCC4)cc3)cc21. The molecular weight excluding hydrogens is 603 g/mol. The van der Waals surface area contributed by atoms with Crippen LogP contribution in [0.1, 0.15) is 68.6 Å². The number of hydrogen-bond acceptors (Lipinski definition) is 1. The number of benzene rings is 7. The van der Waals surface area contributed by atoms with Gasteiger partial charge in [0.15, 0.2) is 0 Å². The molecule has 0 atom stereocenters. The molecule has 0 aromatic heterocycles. The Morgan fingerprint density at radius 2 is 1.02 bits per heavy atom. The minimum Gasteiger partial charge on any atom is -0.310 e. The molecule has 2 aliphatic rings. The van der Waals surface area contributed by atoms with Crippen LogP contribution >= 0.6 is 0 Å². The molecule has 0 heterocycles. The lowest BCUT2D eigenvalue weighted by molar-refractivity contribution is 0.443. The number of nitrogens with zero attached hydrogens (tertiary/aromatic N) is 1. The van der Waals surface area contributed by atoms with Gasteiger partial charge in [-0.3, -0.25) is 0 Å². The van der Waals surface area contributed by atoms with Gasteiger partial charge < -0.3 is 4.90 Å². The second kappa shape index (κ2) is 12.5. The van der Waals surface area contributed by atoms with E-state index in [4.69, 9.17) is 0 Å². The van der Waals surface area contributed by atoms with E-state index < -0.39 is 0 Å². The summed E-state index contributed by atoms with van der Waals surface area (Å²) in [4.78, 5) is 2.45. The van der Waals surface area contributed by atoms with E-state index in [-0.39, 0.29) is 5.41 Å². The van der Waals surface area contributed by atoms with E-state index >= 15 is 0 Å². The van der Waals surface area contributed by atoms with E-state index in [1.54, 1.807) is 0 Å². The zero-order chi connectivity index (χ0) is 33.7. The van der Waals surface area contributed by atoms with Crippen LogP contribution in [0.3, 0.4) is 0 Å². The fourth-order valence-corrected chi connectivity index (χ4v) is 8.84. The fraction of sp³-hybridized carbons (Fsp3) is 0.184. The zero-order valence-electron chi connectivity index (χ0n) is 29.1. The molecule has 7 aromatic carbocycles. The second-order valence-corrected chi connectivity index (χ2v) is 14.8. The van der Waals surface area contributed by atoms with Crippen LogP contribution in [0.4, 0.5) is 17.1 Å². The summed E-state index contributed by atoms with van der Waals surface area (Å²) in [5.74, 6) is 0.686. The lowest BCUT2D eigenvalue weighted by Crippen LogP contribution is -2.16. The molecule has 0 amide bonds. The average Bonchev–Trinajstić information content (AvgIpc) is 3.41. The van der Waals surface area contributed by atoms with Gasteiger partial charge in [-0.1, -0.05) is 154 Å².